The number of nitrogens with zero attached hydrogens (tertiary/aromatic N) is 1. The third-order valence-electron chi connectivity index (χ3n) is 2.04. The number of carboxylic acid groups (broad SMARTS) is 1. The van der Waals surface area contributed by atoms with Gasteiger partial charge in [0.2, 0.25) is 0 Å². The molecule has 1 atom stereocenters. The maximum absolute atomic E-state index is 10.8. The van der Waals surface area contributed by atoms with E-state index in [9.17, 15) is 4.79 Å². The van der Waals surface area contributed by atoms with Crippen molar-refractivity contribution < 1.29 is 9.90 Å². The SMILES string of the molecule is Cc1ccncc1[C@@](C)(N)C(=O)O. The third kappa shape index (κ3) is 1.67. The van der Waals surface area contributed by atoms with Crippen molar-refractivity contribution in [3.63, 3.8) is 0 Å². The van der Waals surface area contributed by atoms with Crippen LogP contribution in [-0.2, 0) is 10.3 Å². The molecule has 0 amide bonds. The molecule has 0 saturated heterocycles. The van der Waals surface area contributed by atoms with E-state index < -0.39 is 11.5 Å². The highest BCUT2D eigenvalue weighted by Gasteiger charge is 2.31. The van der Waals surface area contributed by atoms with Crippen LogP contribution in [-0.4, -0.2) is 16.1 Å². The summed E-state index contributed by atoms with van der Waals surface area (Å²) in [6, 6.07) is 1.74. The van der Waals surface area contributed by atoms with Crippen molar-refractivity contribution in [3.05, 3.63) is 29.6 Å². The zero-order valence-electron chi connectivity index (χ0n) is 7.61. The van der Waals surface area contributed by atoms with Gasteiger partial charge in [-0.15, -0.1) is 0 Å². The maximum Gasteiger partial charge on any atom is 0.328 e. The predicted molar refractivity (Wildman–Crippen MR) is 48.1 cm³/mol. The summed E-state index contributed by atoms with van der Waals surface area (Å²) < 4.78 is 0. The molecule has 0 aromatic carbocycles. The molecule has 0 aliphatic carbocycles. The number of aromatic nitrogens is 1. The van der Waals surface area contributed by atoms with Gasteiger partial charge in [-0.2, -0.15) is 0 Å². The Balaban J connectivity index is 3.22. The minimum Gasteiger partial charge on any atom is -0.480 e. The molecule has 0 aliphatic rings. The molecule has 1 heterocycles. The van der Waals surface area contributed by atoms with Gasteiger partial charge in [0.1, 0.15) is 5.54 Å². The van der Waals surface area contributed by atoms with E-state index in [0.717, 1.165) is 5.56 Å². The summed E-state index contributed by atoms with van der Waals surface area (Å²) in [5.74, 6) is -1.05. The van der Waals surface area contributed by atoms with E-state index in [1.165, 1.54) is 13.1 Å². The number of carboxylic acids is 1. The molecule has 0 unspecified atom stereocenters. The fourth-order valence-corrected chi connectivity index (χ4v) is 1.12. The van der Waals surface area contributed by atoms with Gasteiger partial charge in [-0.3, -0.25) is 4.98 Å². The van der Waals surface area contributed by atoms with Crippen molar-refractivity contribution >= 4 is 5.97 Å². The van der Waals surface area contributed by atoms with Gasteiger partial charge in [-0.1, -0.05) is 0 Å². The number of carbonyl (C=O) groups is 1. The smallest absolute Gasteiger partial charge is 0.328 e. The first-order valence-corrected chi connectivity index (χ1v) is 3.89. The maximum atomic E-state index is 10.8. The van der Waals surface area contributed by atoms with Crippen molar-refractivity contribution in [1.82, 2.24) is 4.98 Å². The van der Waals surface area contributed by atoms with Crippen LogP contribution in [0.5, 0.6) is 0 Å². The molecular weight excluding hydrogens is 168 g/mol. The van der Waals surface area contributed by atoms with E-state index in [1.807, 2.05) is 6.92 Å². The summed E-state index contributed by atoms with van der Waals surface area (Å²) in [6.07, 6.45) is 3.10. The van der Waals surface area contributed by atoms with Crippen molar-refractivity contribution in [2.45, 2.75) is 19.4 Å². The molecular formula is C9H12N2O2. The highest BCUT2D eigenvalue weighted by molar-refractivity contribution is 5.80. The molecule has 4 heteroatoms. The summed E-state index contributed by atoms with van der Waals surface area (Å²) in [5, 5.41) is 8.87. The Morgan fingerprint density at radius 1 is 1.69 bits per heavy atom. The van der Waals surface area contributed by atoms with Gasteiger partial charge in [0.05, 0.1) is 0 Å². The molecule has 3 N–H and O–H groups in total. The topological polar surface area (TPSA) is 76.2 Å². The monoisotopic (exact) mass is 180 g/mol. The highest BCUT2D eigenvalue weighted by atomic mass is 16.4. The Hall–Kier alpha value is -1.42. The van der Waals surface area contributed by atoms with Gasteiger partial charge in [0.25, 0.3) is 0 Å². The second-order valence-electron chi connectivity index (χ2n) is 3.20. The number of aliphatic carboxylic acids is 1. The van der Waals surface area contributed by atoms with Gasteiger partial charge < -0.3 is 10.8 Å². The first kappa shape index (κ1) is 9.67. The number of hydrogen-bond donors (Lipinski definition) is 2. The molecule has 4 nitrogen and oxygen atoms in total. The Morgan fingerprint density at radius 2 is 2.31 bits per heavy atom. The van der Waals surface area contributed by atoms with Crippen LogP contribution in [0, 0.1) is 6.92 Å². The predicted octanol–water partition coefficient (Wildman–Crippen LogP) is 0.649. The van der Waals surface area contributed by atoms with Gasteiger partial charge in [0, 0.05) is 18.0 Å². The average Bonchev–Trinajstić information content (AvgIpc) is 2.04. The molecule has 1 aromatic rings. The number of nitrogens with two attached hydrogens (primary N) is 1. The molecule has 0 saturated carbocycles. The highest BCUT2D eigenvalue weighted by Crippen LogP contribution is 2.20. The third-order valence-corrected chi connectivity index (χ3v) is 2.04. The summed E-state index contributed by atoms with van der Waals surface area (Å²) in [4.78, 5) is 14.7. The number of pyridine rings is 1. The Morgan fingerprint density at radius 3 is 2.77 bits per heavy atom. The lowest BCUT2D eigenvalue weighted by Crippen LogP contribution is -2.42. The van der Waals surface area contributed by atoms with Crippen molar-refractivity contribution in [2.24, 2.45) is 5.73 Å². The van der Waals surface area contributed by atoms with Crippen LogP contribution in [0.4, 0.5) is 0 Å². The number of hydrogen-bond acceptors (Lipinski definition) is 3. The zero-order chi connectivity index (χ0) is 10.1. The average molecular weight is 180 g/mol. The molecule has 1 rings (SSSR count). The minimum absolute atomic E-state index is 0.544. The van der Waals surface area contributed by atoms with E-state index in [1.54, 1.807) is 12.3 Å². The summed E-state index contributed by atoms with van der Waals surface area (Å²) >= 11 is 0. The van der Waals surface area contributed by atoms with Crippen LogP contribution in [0.1, 0.15) is 18.1 Å². The van der Waals surface area contributed by atoms with Crippen LogP contribution in [0.25, 0.3) is 0 Å². The van der Waals surface area contributed by atoms with E-state index in [2.05, 4.69) is 4.98 Å². The Kier molecular flexibility index (Phi) is 2.34. The molecule has 0 aliphatic heterocycles. The van der Waals surface area contributed by atoms with E-state index in [4.69, 9.17) is 10.8 Å². The molecule has 1 aromatic heterocycles. The van der Waals surface area contributed by atoms with E-state index in [-0.39, 0.29) is 0 Å². The quantitative estimate of drug-likeness (QED) is 0.700. The van der Waals surface area contributed by atoms with Crippen molar-refractivity contribution in [3.8, 4) is 0 Å². The largest absolute Gasteiger partial charge is 0.480 e. The summed E-state index contributed by atoms with van der Waals surface area (Å²) in [7, 11) is 0. The second kappa shape index (κ2) is 3.14. The van der Waals surface area contributed by atoms with Crippen molar-refractivity contribution in [1.29, 1.82) is 0 Å². The lowest BCUT2D eigenvalue weighted by molar-refractivity contribution is -0.143. The fourth-order valence-electron chi connectivity index (χ4n) is 1.12. The van der Waals surface area contributed by atoms with Crippen LogP contribution >= 0.6 is 0 Å². The second-order valence-corrected chi connectivity index (χ2v) is 3.20. The number of aryl methyl sites for hydroxylation is 1. The van der Waals surface area contributed by atoms with Crippen molar-refractivity contribution in [2.75, 3.05) is 0 Å². The van der Waals surface area contributed by atoms with Gasteiger partial charge in [-0.05, 0) is 25.5 Å². The van der Waals surface area contributed by atoms with E-state index in [0.29, 0.717) is 5.56 Å². The molecule has 0 bridgehead atoms. The molecule has 0 radical (unpaired) electrons. The van der Waals surface area contributed by atoms with Gasteiger partial charge >= 0.3 is 5.97 Å². The minimum atomic E-state index is -1.36. The van der Waals surface area contributed by atoms with Crippen LogP contribution in [0.3, 0.4) is 0 Å². The Bertz CT molecular complexity index is 334. The Labute approximate surface area is 76.4 Å². The summed E-state index contributed by atoms with van der Waals surface area (Å²) in [6.45, 7) is 3.27. The first-order chi connectivity index (χ1) is 5.96. The lowest BCUT2D eigenvalue weighted by Gasteiger charge is -2.20. The molecule has 0 spiro atoms. The standard InChI is InChI=1S/C9H12N2O2/c1-6-3-4-11-5-7(6)9(2,10)8(12)13/h3-5H,10H2,1-2H3,(H,12,13)/t9-/m1/s1. The van der Waals surface area contributed by atoms with Crippen LogP contribution < -0.4 is 5.73 Å². The summed E-state index contributed by atoms with van der Waals surface area (Å²) in [5.41, 5.74) is 5.66. The van der Waals surface area contributed by atoms with E-state index >= 15 is 0 Å². The van der Waals surface area contributed by atoms with Gasteiger partial charge in [0.15, 0.2) is 0 Å². The van der Waals surface area contributed by atoms with Crippen LogP contribution in [0.15, 0.2) is 18.5 Å². The normalized spacial score (nSPS) is 15.0. The van der Waals surface area contributed by atoms with Gasteiger partial charge in [-0.25, -0.2) is 4.79 Å². The molecule has 13 heavy (non-hydrogen) atoms. The molecule has 0 fully saturated rings. The zero-order valence-corrected chi connectivity index (χ0v) is 7.61. The fraction of sp³-hybridized carbons (Fsp3) is 0.333. The molecule has 70 valence electrons. The lowest BCUT2D eigenvalue weighted by atomic mass is 9.91. The first-order valence-electron chi connectivity index (χ1n) is 3.89. The number of rotatable bonds is 2. The van der Waals surface area contributed by atoms with Crippen LogP contribution in [0.2, 0.25) is 0 Å².